The monoisotopic (exact) mass is 351 g/mol. The number of nitrogens with zero attached hydrogens (tertiary/aromatic N) is 2. The number of benzene rings is 2. The van der Waals surface area contributed by atoms with Gasteiger partial charge in [0.1, 0.15) is 5.82 Å². The summed E-state index contributed by atoms with van der Waals surface area (Å²) in [7, 11) is 0. The lowest BCUT2D eigenvalue weighted by atomic mass is 10.00. The second kappa shape index (κ2) is 6.83. The molecule has 2 heterocycles. The van der Waals surface area contributed by atoms with Crippen LogP contribution in [0.2, 0.25) is 0 Å². The van der Waals surface area contributed by atoms with Gasteiger partial charge < -0.3 is 15.0 Å². The summed E-state index contributed by atoms with van der Waals surface area (Å²) in [5.41, 5.74) is 3.16. The van der Waals surface area contributed by atoms with Crippen LogP contribution in [0.4, 0.5) is 15.8 Å². The molecule has 134 valence electrons. The van der Waals surface area contributed by atoms with Crippen molar-refractivity contribution in [3.8, 4) is 5.88 Å². The molecule has 4 rings (SSSR count). The number of aromatic amines is 1. The molecule has 1 unspecified atom stereocenters. The Hall–Kier alpha value is -2.82. The first-order chi connectivity index (χ1) is 12.6. The molecule has 4 nitrogen and oxygen atoms in total. The first-order valence-electron chi connectivity index (χ1n) is 8.99. The molecule has 0 spiro atoms. The lowest BCUT2D eigenvalue weighted by molar-refractivity contribution is 0.447. The quantitative estimate of drug-likeness (QED) is 0.653. The summed E-state index contributed by atoms with van der Waals surface area (Å²) in [6.07, 6.45) is 4.16. The molecule has 0 saturated carbocycles. The molecule has 5 heteroatoms. The normalized spacial score (nSPS) is 18.1. The number of rotatable bonds is 3. The van der Waals surface area contributed by atoms with E-state index in [1.54, 1.807) is 12.3 Å². The average Bonchev–Trinajstić information content (AvgIpc) is 2.94. The zero-order valence-corrected chi connectivity index (χ0v) is 14.7. The molecule has 1 saturated heterocycles. The fraction of sp³-hybridized carbons (Fsp3) is 0.286. The Morgan fingerprint density at radius 3 is 2.81 bits per heavy atom. The van der Waals surface area contributed by atoms with Crippen LogP contribution in [0.15, 0.2) is 47.5 Å². The summed E-state index contributed by atoms with van der Waals surface area (Å²) >= 11 is 0. The van der Waals surface area contributed by atoms with Gasteiger partial charge in [0.2, 0.25) is 0 Å². The van der Waals surface area contributed by atoms with Crippen LogP contribution in [0.3, 0.4) is 0 Å². The average molecular weight is 351 g/mol. The van der Waals surface area contributed by atoms with Crippen LogP contribution in [0, 0.1) is 11.7 Å². The summed E-state index contributed by atoms with van der Waals surface area (Å²) in [6, 6.07) is 12.5. The van der Waals surface area contributed by atoms with Crippen molar-refractivity contribution in [1.29, 1.82) is 0 Å². The van der Waals surface area contributed by atoms with Crippen LogP contribution < -0.4 is 4.90 Å². The van der Waals surface area contributed by atoms with Gasteiger partial charge in [0, 0.05) is 30.4 Å². The van der Waals surface area contributed by atoms with Crippen molar-refractivity contribution in [2.75, 3.05) is 18.0 Å². The highest BCUT2D eigenvalue weighted by Gasteiger charge is 2.16. The van der Waals surface area contributed by atoms with Gasteiger partial charge in [-0.05, 0) is 61.2 Å². The minimum atomic E-state index is -0.343. The van der Waals surface area contributed by atoms with Crippen LogP contribution in [0.1, 0.15) is 25.3 Å². The maximum Gasteiger partial charge on any atom is 0.198 e. The van der Waals surface area contributed by atoms with E-state index in [0.717, 1.165) is 30.1 Å². The third-order valence-electron chi connectivity index (χ3n) is 4.99. The molecular formula is C21H22FN3O. The van der Waals surface area contributed by atoms with Gasteiger partial charge in [-0.1, -0.05) is 6.92 Å². The molecular weight excluding hydrogens is 329 g/mol. The third-order valence-corrected chi connectivity index (χ3v) is 4.99. The van der Waals surface area contributed by atoms with Gasteiger partial charge in [-0.3, -0.25) is 4.99 Å². The van der Waals surface area contributed by atoms with Crippen LogP contribution >= 0.6 is 0 Å². The molecule has 0 amide bonds. The Morgan fingerprint density at radius 2 is 2.04 bits per heavy atom. The van der Waals surface area contributed by atoms with E-state index in [1.807, 2.05) is 12.1 Å². The van der Waals surface area contributed by atoms with Gasteiger partial charge in [0.15, 0.2) is 5.88 Å². The number of aliphatic imine (C=N–C) groups is 1. The molecule has 1 fully saturated rings. The van der Waals surface area contributed by atoms with Gasteiger partial charge in [-0.2, -0.15) is 0 Å². The zero-order valence-electron chi connectivity index (χ0n) is 14.7. The van der Waals surface area contributed by atoms with E-state index < -0.39 is 0 Å². The maximum absolute atomic E-state index is 13.3. The van der Waals surface area contributed by atoms with Gasteiger partial charge in [0.25, 0.3) is 0 Å². The van der Waals surface area contributed by atoms with Crippen molar-refractivity contribution in [1.82, 2.24) is 4.98 Å². The predicted octanol–water partition coefficient (Wildman–Crippen LogP) is 5.00. The fourth-order valence-electron chi connectivity index (χ4n) is 3.62. The molecule has 1 aromatic heterocycles. The topological polar surface area (TPSA) is 51.6 Å². The lowest BCUT2D eigenvalue weighted by Crippen LogP contribution is -2.34. The van der Waals surface area contributed by atoms with E-state index >= 15 is 0 Å². The van der Waals surface area contributed by atoms with Gasteiger partial charge >= 0.3 is 0 Å². The first-order valence-corrected chi connectivity index (χ1v) is 8.99. The number of hydrogen-bond acceptors (Lipinski definition) is 3. The molecule has 0 bridgehead atoms. The largest absolute Gasteiger partial charge is 0.494 e. The highest BCUT2D eigenvalue weighted by atomic mass is 19.1. The SMILES string of the molecule is CC1CCCN(c2ccc(N=Cc3c(O)[nH]c4cc(F)ccc34)cc2)C1. The highest BCUT2D eigenvalue weighted by molar-refractivity contribution is 6.02. The summed E-state index contributed by atoms with van der Waals surface area (Å²) in [4.78, 5) is 9.66. The Bertz CT molecular complexity index is 946. The lowest BCUT2D eigenvalue weighted by Gasteiger charge is -2.32. The molecule has 26 heavy (non-hydrogen) atoms. The number of aromatic nitrogens is 1. The van der Waals surface area contributed by atoms with Crippen molar-refractivity contribution in [3.05, 3.63) is 53.8 Å². The Balaban J connectivity index is 1.55. The van der Waals surface area contributed by atoms with Gasteiger partial charge in [0.05, 0.1) is 16.8 Å². The zero-order chi connectivity index (χ0) is 18.1. The second-order valence-electron chi connectivity index (χ2n) is 7.05. The van der Waals surface area contributed by atoms with E-state index in [4.69, 9.17) is 0 Å². The van der Waals surface area contributed by atoms with Crippen molar-refractivity contribution in [3.63, 3.8) is 0 Å². The van der Waals surface area contributed by atoms with Crippen molar-refractivity contribution in [2.45, 2.75) is 19.8 Å². The number of halogens is 1. The number of aromatic hydroxyl groups is 1. The fourth-order valence-corrected chi connectivity index (χ4v) is 3.62. The molecule has 1 aliphatic rings. The molecule has 1 aliphatic heterocycles. The second-order valence-corrected chi connectivity index (χ2v) is 7.05. The molecule has 2 N–H and O–H groups in total. The van der Waals surface area contributed by atoms with Crippen molar-refractivity contribution in [2.24, 2.45) is 10.9 Å². The van der Waals surface area contributed by atoms with Crippen LogP contribution in [0.25, 0.3) is 10.9 Å². The van der Waals surface area contributed by atoms with E-state index in [2.05, 4.69) is 33.9 Å². The summed E-state index contributed by atoms with van der Waals surface area (Å²) in [6.45, 7) is 4.50. The Morgan fingerprint density at radius 1 is 1.23 bits per heavy atom. The summed E-state index contributed by atoms with van der Waals surface area (Å²) in [5.74, 6) is 0.384. The predicted molar refractivity (Wildman–Crippen MR) is 104 cm³/mol. The number of fused-ring (bicyclic) bond motifs is 1. The summed E-state index contributed by atoms with van der Waals surface area (Å²) in [5, 5.41) is 10.8. The van der Waals surface area contributed by atoms with E-state index in [9.17, 15) is 9.50 Å². The smallest absolute Gasteiger partial charge is 0.198 e. The minimum absolute atomic E-state index is 0.00623. The van der Waals surface area contributed by atoms with Crippen LogP contribution in [0.5, 0.6) is 5.88 Å². The molecule has 2 aromatic carbocycles. The highest BCUT2D eigenvalue weighted by Crippen LogP contribution is 2.28. The summed E-state index contributed by atoms with van der Waals surface area (Å²) < 4.78 is 13.3. The maximum atomic E-state index is 13.3. The number of anilines is 1. The van der Waals surface area contributed by atoms with Gasteiger partial charge in [-0.25, -0.2) is 4.39 Å². The molecule has 0 aliphatic carbocycles. The van der Waals surface area contributed by atoms with Crippen LogP contribution in [-0.4, -0.2) is 29.4 Å². The number of hydrogen-bond donors (Lipinski definition) is 2. The number of H-pyrrole nitrogens is 1. The first kappa shape index (κ1) is 16.6. The molecule has 3 aromatic rings. The van der Waals surface area contributed by atoms with E-state index in [1.165, 1.54) is 30.7 Å². The number of nitrogens with one attached hydrogen (secondary N) is 1. The minimum Gasteiger partial charge on any atom is -0.494 e. The Kier molecular flexibility index (Phi) is 4.37. The Labute approximate surface area is 152 Å². The third kappa shape index (κ3) is 3.29. The van der Waals surface area contributed by atoms with Gasteiger partial charge in [-0.15, -0.1) is 0 Å². The number of piperidine rings is 1. The standard InChI is InChI=1S/C21H22FN3O/c1-14-3-2-10-25(13-14)17-7-5-16(6-8-17)23-12-19-18-9-4-15(22)11-20(18)24-21(19)26/h4-9,11-12,14,24,26H,2-3,10,13H2,1H3. The van der Waals surface area contributed by atoms with E-state index in [-0.39, 0.29) is 11.7 Å². The molecule has 0 radical (unpaired) electrons. The van der Waals surface area contributed by atoms with E-state index in [0.29, 0.717) is 11.1 Å². The van der Waals surface area contributed by atoms with Crippen LogP contribution in [-0.2, 0) is 0 Å². The van der Waals surface area contributed by atoms with Crippen molar-refractivity contribution < 1.29 is 9.50 Å². The molecule has 1 atom stereocenters. The van der Waals surface area contributed by atoms with Crippen molar-refractivity contribution >= 4 is 28.5 Å².